The monoisotopic (exact) mass is 236 g/mol. The molecule has 1 saturated heterocycles. The number of amides is 1. The lowest BCUT2D eigenvalue weighted by Gasteiger charge is -2.37. The van der Waals surface area contributed by atoms with E-state index in [1.807, 2.05) is 0 Å². The number of nitrogens with zero attached hydrogens (tertiary/aromatic N) is 1. The van der Waals surface area contributed by atoms with Crippen molar-refractivity contribution in [3.8, 4) is 0 Å². The van der Waals surface area contributed by atoms with E-state index in [0.717, 1.165) is 12.8 Å². The number of alkyl halides is 3. The number of hydrogen-bond donors (Lipinski definition) is 1. The van der Waals surface area contributed by atoms with Gasteiger partial charge in [-0.05, 0) is 19.3 Å². The van der Waals surface area contributed by atoms with Crippen LogP contribution >= 0.6 is 0 Å². The summed E-state index contributed by atoms with van der Waals surface area (Å²) in [4.78, 5) is 13.1. The molecule has 6 heteroatoms. The number of piperidine rings is 1. The highest BCUT2D eigenvalue weighted by molar-refractivity contribution is 5.81. The third kappa shape index (κ3) is 2.31. The minimum absolute atomic E-state index is 0.0175. The molecule has 1 aliphatic heterocycles. The van der Waals surface area contributed by atoms with E-state index in [1.165, 1.54) is 4.90 Å². The summed E-state index contributed by atoms with van der Waals surface area (Å²) in [6, 6.07) is -0.976. The molecular formula is C10H15F3N2O. The van der Waals surface area contributed by atoms with Crippen LogP contribution in [0, 0.1) is 11.8 Å². The van der Waals surface area contributed by atoms with Crippen LogP contribution in [0.3, 0.4) is 0 Å². The Morgan fingerprint density at radius 1 is 1.25 bits per heavy atom. The van der Waals surface area contributed by atoms with Gasteiger partial charge in [0.1, 0.15) is 0 Å². The predicted molar refractivity (Wildman–Crippen MR) is 51.4 cm³/mol. The average molecular weight is 236 g/mol. The van der Waals surface area contributed by atoms with Crippen molar-refractivity contribution in [2.24, 2.45) is 17.6 Å². The summed E-state index contributed by atoms with van der Waals surface area (Å²) in [6.07, 6.45) is -2.57. The summed E-state index contributed by atoms with van der Waals surface area (Å²) < 4.78 is 37.5. The summed E-state index contributed by atoms with van der Waals surface area (Å²) >= 11 is 0. The predicted octanol–water partition coefficient (Wildman–Crippen LogP) is 1.13. The first-order chi connectivity index (χ1) is 7.39. The molecule has 1 amide bonds. The number of halogens is 3. The van der Waals surface area contributed by atoms with Crippen molar-refractivity contribution in [3.63, 3.8) is 0 Å². The standard InChI is InChI=1S/C10H15F3N2O/c11-10(12,13)7-3-4-15(5-8(7)14)9(16)6-1-2-6/h6-8H,1-5,14H2. The van der Waals surface area contributed by atoms with E-state index >= 15 is 0 Å². The first kappa shape index (κ1) is 11.7. The average Bonchev–Trinajstić information content (AvgIpc) is 2.97. The van der Waals surface area contributed by atoms with E-state index in [1.54, 1.807) is 0 Å². The Morgan fingerprint density at radius 3 is 2.31 bits per heavy atom. The van der Waals surface area contributed by atoms with E-state index in [9.17, 15) is 18.0 Å². The molecule has 0 bridgehead atoms. The van der Waals surface area contributed by atoms with Gasteiger partial charge in [0.15, 0.2) is 0 Å². The molecule has 3 nitrogen and oxygen atoms in total. The Balaban J connectivity index is 1.94. The van der Waals surface area contributed by atoms with Crippen molar-refractivity contribution in [3.05, 3.63) is 0 Å². The Kier molecular flexibility index (Phi) is 2.86. The summed E-state index contributed by atoms with van der Waals surface area (Å²) in [6.45, 7) is 0.229. The second kappa shape index (κ2) is 3.91. The Morgan fingerprint density at radius 2 is 1.88 bits per heavy atom. The lowest BCUT2D eigenvalue weighted by molar-refractivity contribution is -0.191. The molecule has 2 atom stereocenters. The highest BCUT2D eigenvalue weighted by atomic mass is 19.4. The lowest BCUT2D eigenvalue weighted by atomic mass is 9.91. The first-order valence-corrected chi connectivity index (χ1v) is 5.50. The van der Waals surface area contributed by atoms with Gasteiger partial charge in [-0.15, -0.1) is 0 Å². The molecule has 2 N–H and O–H groups in total. The van der Waals surface area contributed by atoms with Crippen molar-refractivity contribution in [2.75, 3.05) is 13.1 Å². The highest BCUT2D eigenvalue weighted by Crippen LogP contribution is 2.36. The van der Waals surface area contributed by atoms with Crippen LogP contribution in [0.15, 0.2) is 0 Å². The lowest BCUT2D eigenvalue weighted by Crippen LogP contribution is -2.54. The molecule has 1 saturated carbocycles. The third-order valence-corrected chi connectivity index (χ3v) is 3.32. The molecule has 2 fully saturated rings. The van der Waals surface area contributed by atoms with Gasteiger partial charge >= 0.3 is 6.18 Å². The van der Waals surface area contributed by atoms with Crippen LogP contribution in [-0.2, 0) is 4.79 Å². The van der Waals surface area contributed by atoms with Crippen LogP contribution in [-0.4, -0.2) is 36.1 Å². The molecule has 0 radical (unpaired) electrons. The van der Waals surface area contributed by atoms with Gasteiger partial charge in [0.25, 0.3) is 0 Å². The molecule has 92 valence electrons. The number of hydrogen-bond acceptors (Lipinski definition) is 2. The van der Waals surface area contributed by atoms with Crippen LogP contribution in [0.1, 0.15) is 19.3 Å². The minimum Gasteiger partial charge on any atom is -0.341 e. The van der Waals surface area contributed by atoms with E-state index in [-0.39, 0.29) is 31.3 Å². The molecule has 1 heterocycles. The molecule has 0 aromatic carbocycles. The summed E-state index contributed by atoms with van der Waals surface area (Å²) in [5, 5.41) is 0. The van der Waals surface area contributed by atoms with Crippen LogP contribution < -0.4 is 5.73 Å². The number of carbonyl (C=O) groups is 1. The number of carbonyl (C=O) groups excluding carboxylic acids is 1. The zero-order valence-electron chi connectivity index (χ0n) is 8.83. The number of nitrogens with two attached hydrogens (primary N) is 1. The second-order valence-corrected chi connectivity index (χ2v) is 4.66. The Labute approximate surface area is 91.8 Å². The Bertz CT molecular complexity index is 288. The zero-order valence-corrected chi connectivity index (χ0v) is 8.83. The zero-order chi connectivity index (χ0) is 11.9. The van der Waals surface area contributed by atoms with Crippen LogP contribution in [0.2, 0.25) is 0 Å². The summed E-state index contributed by atoms with van der Waals surface area (Å²) in [7, 11) is 0. The summed E-state index contributed by atoms with van der Waals surface area (Å²) in [5.74, 6) is -1.43. The molecular weight excluding hydrogens is 221 g/mol. The van der Waals surface area contributed by atoms with Gasteiger partial charge in [-0.25, -0.2) is 0 Å². The van der Waals surface area contributed by atoms with E-state index in [4.69, 9.17) is 5.73 Å². The molecule has 2 rings (SSSR count). The van der Waals surface area contributed by atoms with E-state index in [2.05, 4.69) is 0 Å². The van der Waals surface area contributed by atoms with Crippen molar-refractivity contribution < 1.29 is 18.0 Å². The first-order valence-electron chi connectivity index (χ1n) is 5.50. The van der Waals surface area contributed by atoms with E-state index in [0.29, 0.717) is 0 Å². The van der Waals surface area contributed by atoms with Crippen molar-refractivity contribution >= 4 is 5.91 Å². The van der Waals surface area contributed by atoms with Crippen LogP contribution in [0.4, 0.5) is 13.2 Å². The SMILES string of the molecule is NC1CN(C(=O)C2CC2)CCC1C(F)(F)F. The minimum atomic E-state index is -4.24. The largest absolute Gasteiger partial charge is 0.393 e. The molecule has 2 unspecified atom stereocenters. The van der Waals surface area contributed by atoms with Crippen molar-refractivity contribution in [1.82, 2.24) is 4.90 Å². The van der Waals surface area contributed by atoms with Crippen molar-refractivity contribution in [1.29, 1.82) is 0 Å². The molecule has 16 heavy (non-hydrogen) atoms. The maximum atomic E-state index is 12.5. The maximum absolute atomic E-state index is 12.5. The number of rotatable bonds is 1. The number of likely N-dealkylation sites (tertiary alicyclic amines) is 1. The maximum Gasteiger partial charge on any atom is 0.393 e. The van der Waals surface area contributed by atoms with Crippen LogP contribution in [0.5, 0.6) is 0 Å². The van der Waals surface area contributed by atoms with Gasteiger partial charge in [-0.3, -0.25) is 4.79 Å². The fourth-order valence-corrected chi connectivity index (χ4v) is 2.18. The topological polar surface area (TPSA) is 46.3 Å². The molecule has 0 aromatic rings. The molecule has 1 aliphatic carbocycles. The molecule has 2 aliphatic rings. The van der Waals surface area contributed by atoms with Gasteiger partial charge in [-0.1, -0.05) is 0 Å². The normalized spacial score (nSPS) is 31.6. The Hall–Kier alpha value is -0.780. The molecule has 0 aromatic heterocycles. The second-order valence-electron chi connectivity index (χ2n) is 4.66. The van der Waals surface area contributed by atoms with Gasteiger partial charge in [0.05, 0.1) is 5.92 Å². The van der Waals surface area contributed by atoms with Gasteiger partial charge < -0.3 is 10.6 Å². The van der Waals surface area contributed by atoms with Gasteiger partial charge in [0, 0.05) is 25.0 Å². The third-order valence-electron chi connectivity index (χ3n) is 3.32. The smallest absolute Gasteiger partial charge is 0.341 e. The fourth-order valence-electron chi connectivity index (χ4n) is 2.18. The van der Waals surface area contributed by atoms with Crippen LogP contribution in [0.25, 0.3) is 0 Å². The van der Waals surface area contributed by atoms with Gasteiger partial charge in [0.2, 0.25) is 5.91 Å². The molecule has 0 spiro atoms. The van der Waals surface area contributed by atoms with E-state index < -0.39 is 18.1 Å². The quantitative estimate of drug-likeness (QED) is 0.742. The fraction of sp³-hybridized carbons (Fsp3) is 0.900. The highest BCUT2D eigenvalue weighted by Gasteiger charge is 2.47. The van der Waals surface area contributed by atoms with Crippen molar-refractivity contribution in [2.45, 2.75) is 31.5 Å². The summed E-state index contributed by atoms with van der Waals surface area (Å²) in [5.41, 5.74) is 5.50. The van der Waals surface area contributed by atoms with Gasteiger partial charge in [-0.2, -0.15) is 13.2 Å².